The molecule has 0 heterocycles. The van der Waals surface area contributed by atoms with Crippen LogP contribution in [-0.2, 0) is 4.74 Å². The van der Waals surface area contributed by atoms with Gasteiger partial charge < -0.3 is 10.1 Å². The summed E-state index contributed by atoms with van der Waals surface area (Å²) in [6.45, 7) is 7.32. The third-order valence-corrected chi connectivity index (χ3v) is 2.88. The molecule has 2 atom stereocenters. The van der Waals surface area contributed by atoms with Gasteiger partial charge in [0.1, 0.15) is 0 Å². The van der Waals surface area contributed by atoms with Gasteiger partial charge in [-0.1, -0.05) is 26.7 Å². The van der Waals surface area contributed by atoms with Crippen LogP contribution in [0.4, 0.5) is 0 Å². The predicted molar refractivity (Wildman–Crippen MR) is 60.5 cm³/mol. The van der Waals surface area contributed by atoms with Crippen molar-refractivity contribution in [1.82, 2.24) is 5.32 Å². The monoisotopic (exact) mass is 199 g/mol. The van der Waals surface area contributed by atoms with Crippen LogP contribution in [0, 0.1) is 5.92 Å². The first kappa shape index (κ1) is 12.0. The first-order chi connectivity index (χ1) is 6.88. The first-order valence-corrected chi connectivity index (χ1v) is 6.19. The minimum Gasteiger partial charge on any atom is -0.380 e. The summed E-state index contributed by atoms with van der Waals surface area (Å²) in [5.41, 5.74) is 0. The molecule has 0 radical (unpaired) electrons. The largest absolute Gasteiger partial charge is 0.380 e. The highest BCUT2D eigenvalue weighted by atomic mass is 16.5. The third-order valence-electron chi connectivity index (χ3n) is 2.88. The van der Waals surface area contributed by atoms with E-state index in [1.165, 1.54) is 32.1 Å². The quantitative estimate of drug-likeness (QED) is 0.576. The normalized spacial score (nSPS) is 25.3. The molecule has 0 aliphatic heterocycles. The summed E-state index contributed by atoms with van der Waals surface area (Å²) in [7, 11) is 0. The molecule has 1 fully saturated rings. The van der Waals surface area contributed by atoms with Crippen LogP contribution in [0.25, 0.3) is 0 Å². The second-order valence-corrected chi connectivity index (χ2v) is 4.31. The SMILES string of the molecule is CCCCOCCNC1CC1CCC. The maximum atomic E-state index is 5.48. The molecular weight excluding hydrogens is 174 g/mol. The van der Waals surface area contributed by atoms with Crippen LogP contribution >= 0.6 is 0 Å². The number of hydrogen-bond donors (Lipinski definition) is 1. The molecule has 1 aliphatic carbocycles. The molecule has 1 N–H and O–H groups in total. The van der Waals surface area contributed by atoms with E-state index in [0.29, 0.717) is 0 Å². The Balaban J connectivity index is 1.77. The lowest BCUT2D eigenvalue weighted by Gasteiger charge is -2.04. The van der Waals surface area contributed by atoms with E-state index in [4.69, 9.17) is 4.74 Å². The lowest BCUT2D eigenvalue weighted by Crippen LogP contribution is -2.23. The lowest BCUT2D eigenvalue weighted by atomic mass is 10.2. The molecule has 14 heavy (non-hydrogen) atoms. The Labute approximate surface area is 88.4 Å². The summed E-state index contributed by atoms with van der Waals surface area (Å²) in [5.74, 6) is 0.968. The number of ether oxygens (including phenoxy) is 1. The Kier molecular flexibility index (Phi) is 6.20. The fourth-order valence-electron chi connectivity index (χ4n) is 1.85. The van der Waals surface area contributed by atoms with Crippen molar-refractivity contribution in [3.8, 4) is 0 Å². The standard InChI is InChI=1S/C12H25NO/c1-3-5-8-14-9-7-13-12-10-11(12)6-4-2/h11-13H,3-10H2,1-2H3. The lowest BCUT2D eigenvalue weighted by molar-refractivity contribution is 0.132. The van der Waals surface area contributed by atoms with E-state index in [1.807, 2.05) is 0 Å². The van der Waals surface area contributed by atoms with Gasteiger partial charge in [-0.05, 0) is 25.2 Å². The van der Waals surface area contributed by atoms with E-state index < -0.39 is 0 Å². The first-order valence-electron chi connectivity index (χ1n) is 6.19. The molecule has 2 unspecified atom stereocenters. The van der Waals surface area contributed by atoms with Gasteiger partial charge in [0.2, 0.25) is 0 Å². The van der Waals surface area contributed by atoms with Crippen molar-refractivity contribution < 1.29 is 4.74 Å². The Hall–Kier alpha value is -0.0800. The van der Waals surface area contributed by atoms with Gasteiger partial charge in [0, 0.05) is 19.2 Å². The van der Waals surface area contributed by atoms with Crippen molar-refractivity contribution in [3.05, 3.63) is 0 Å². The van der Waals surface area contributed by atoms with E-state index in [2.05, 4.69) is 19.2 Å². The van der Waals surface area contributed by atoms with Crippen LogP contribution in [0.5, 0.6) is 0 Å². The highest BCUT2D eigenvalue weighted by Crippen LogP contribution is 2.34. The average molecular weight is 199 g/mol. The molecule has 1 saturated carbocycles. The molecule has 0 aromatic carbocycles. The third kappa shape index (κ3) is 4.97. The molecule has 2 heteroatoms. The highest BCUT2D eigenvalue weighted by Gasteiger charge is 2.34. The Morgan fingerprint density at radius 3 is 2.79 bits per heavy atom. The van der Waals surface area contributed by atoms with Gasteiger partial charge in [-0.25, -0.2) is 0 Å². The minimum atomic E-state index is 0.810. The maximum absolute atomic E-state index is 5.48. The molecule has 0 bridgehead atoms. The smallest absolute Gasteiger partial charge is 0.0591 e. The summed E-state index contributed by atoms with van der Waals surface area (Å²) < 4.78 is 5.48. The minimum absolute atomic E-state index is 0.810. The van der Waals surface area contributed by atoms with Crippen molar-refractivity contribution in [2.45, 2.75) is 52.0 Å². The molecule has 0 aromatic rings. The van der Waals surface area contributed by atoms with Gasteiger partial charge in [-0.15, -0.1) is 0 Å². The number of hydrogen-bond acceptors (Lipinski definition) is 2. The van der Waals surface area contributed by atoms with Gasteiger partial charge in [0.15, 0.2) is 0 Å². The van der Waals surface area contributed by atoms with Crippen LogP contribution in [-0.4, -0.2) is 25.8 Å². The van der Waals surface area contributed by atoms with Crippen LogP contribution in [0.2, 0.25) is 0 Å². The summed E-state index contributed by atoms with van der Waals surface area (Å²) in [6.07, 6.45) is 6.55. The van der Waals surface area contributed by atoms with Crippen molar-refractivity contribution in [1.29, 1.82) is 0 Å². The Morgan fingerprint density at radius 1 is 1.21 bits per heavy atom. The predicted octanol–water partition coefficient (Wildman–Crippen LogP) is 2.58. The van der Waals surface area contributed by atoms with Gasteiger partial charge in [-0.3, -0.25) is 0 Å². The van der Waals surface area contributed by atoms with Crippen molar-refractivity contribution in [2.75, 3.05) is 19.8 Å². The van der Waals surface area contributed by atoms with Crippen LogP contribution in [0.1, 0.15) is 46.0 Å². The van der Waals surface area contributed by atoms with Crippen LogP contribution < -0.4 is 5.32 Å². The topological polar surface area (TPSA) is 21.3 Å². The van der Waals surface area contributed by atoms with Crippen molar-refractivity contribution in [3.63, 3.8) is 0 Å². The molecular formula is C12H25NO. The van der Waals surface area contributed by atoms with Gasteiger partial charge >= 0.3 is 0 Å². The van der Waals surface area contributed by atoms with Crippen molar-refractivity contribution >= 4 is 0 Å². The second kappa shape index (κ2) is 7.24. The van der Waals surface area contributed by atoms with E-state index in [-0.39, 0.29) is 0 Å². The highest BCUT2D eigenvalue weighted by molar-refractivity contribution is 4.92. The van der Waals surface area contributed by atoms with Gasteiger partial charge in [-0.2, -0.15) is 0 Å². The molecule has 1 aliphatic rings. The number of nitrogens with one attached hydrogen (secondary N) is 1. The van der Waals surface area contributed by atoms with E-state index in [1.54, 1.807) is 0 Å². The zero-order valence-corrected chi connectivity index (χ0v) is 9.72. The Bertz CT molecular complexity index is 138. The number of unbranched alkanes of at least 4 members (excludes halogenated alkanes) is 1. The molecule has 0 aromatic heterocycles. The van der Waals surface area contributed by atoms with E-state index in [0.717, 1.165) is 31.7 Å². The zero-order valence-electron chi connectivity index (χ0n) is 9.72. The molecule has 84 valence electrons. The fourth-order valence-corrected chi connectivity index (χ4v) is 1.85. The maximum Gasteiger partial charge on any atom is 0.0591 e. The zero-order chi connectivity index (χ0) is 10.2. The molecule has 0 spiro atoms. The van der Waals surface area contributed by atoms with Crippen molar-refractivity contribution in [2.24, 2.45) is 5.92 Å². The molecule has 2 nitrogen and oxygen atoms in total. The van der Waals surface area contributed by atoms with E-state index >= 15 is 0 Å². The Morgan fingerprint density at radius 2 is 2.07 bits per heavy atom. The average Bonchev–Trinajstić information content (AvgIpc) is 2.91. The molecule has 0 amide bonds. The summed E-state index contributed by atoms with van der Waals surface area (Å²) in [6, 6.07) is 0.810. The van der Waals surface area contributed by atoms with Crippen LogP contribution in [0.15, 0.2) is 0 Å². The van der Waals surface area contributed by atoms with Gasteiger partial charge in [0.25, 0.3) is 0 Å². The summed E-state index contributed by atoms with van der Waals surface area (Å²) in [4.78, 5) is 0. The number of rotatable bonds is 9. The molecule has 0 saturated heterocycles. The second-order valence-electron chi connectivity index (χ2n) is 4.31. The summed E-state index contributed by atoms with van der Waals surface area (Å²) >= 11 is 0. The van der Waals surface area contributed by atoms with Gasteiger partial charge in [0.05, 0.1) is 6.61 Å². The summed E-state index contributed by atoms with van der Waals surface area (Å²) in [5, 5.41) is 3.54. The van der Waals surface area contributed by atoms with E-state index in [9.17, 15) is 0 Å². The molecule has 1 rings (SSSR count). The fraction of sp³-hybridized carbons (Fsp3) is 1.00. The van der Waals surface area contributed by atoms with Crippen LogP contribution in [0.3, 0.4) is 0 Å².